The van der Waals surface area contributed by atoms with Crippen LogP contribution in [0, 0.1) is 12.8 Å². The molecule has 0 aromatic heterocycles. The minimum absolute atomic E-state index is 0.495. The van der Waals surface area contributed by atoms with Crippen molar-refractivity contribution in [3.8, 4) is 0 Å². The van der Waals surface area contributed by atoms with Crippen molar-refractivity contribution in [2.45, 2.75) is 47.5 Å². The molecular weight excluding hydrogens is 414 g/mol. The maximum absolute atomic E-state index is 4.66. The molecule has 34 heavy (non-hydrogen) atoms. The molecule has 2 heterocycles. The van der Waals surface area contributed by atoms with Gasteiger partial charge < -0.3 is 10.2 Å². The van der Waals surface area contributed by atoms with E-state index in [1.807, 2.05) is 0 Å². The first-order chi connectivity index (χ1) is 16.5. The summed E-state index contributed by atoms with van der Waals surface area (Å²) in [5, 5.41) is 3.83. The van der Waals surface area contributed by atoms with Gasteiger partial charge in [-0.1, -0.05) is 67.1 Å². The molecule has 0 saturated carbocycles. The van der Waals surface area contributed by atoms with Gasteiger partial charge in [-0.25, -0.2) is 0 Å². The Morgan fingerprint density at radius 2 is 1.94 bits per heavy atom. The van der Waals surface area contributed by atoms with E-state index in [2.05, 4.69) is 123 Å². The second-order valence-corrected chi connectivity index (χ2v) is 9.41. The zero-order valence-corrected chi connectivity index (χ0v) is 21.2. The normalized spacial score (nSPS) is 21.7. The molecule has 0 amide bonds. The number of allylic oxidation sites excluding steroid dienone is 9. The number of hydrogen-bond acceptors (Lipinski definition) is 3. The molecule has 1 atom stereocenters. The van der Waals surface area contributed by atoms with Crippen molar-refractivity contribution in [3.05, 3.63) is 112 Å². The van der Waals surface area contributed by atoms with Crippen molar-refractivity contribution in [1.29, 1.82) is 0 Å². The Labute approximate surface area is 205 Å². The van der Waals surface area contributed by atoms with Gasteiger partial charge in [0.15, 0.2) is 0 Å². The highest BCUT2D eigenvalue weighted by Crippen LogP contribution is 2.32. The Hall–Kier alpha value is -3.33. The maximum atomic E-state index is 4.66. The van der Waals surface area contributed by atoms with Crippen LogP contribution in [0.5, 0.6) is 0 Å². The summed E-state index contributed by atoms with van der Waals surface area (Å²) in [7, 11) is 0. The number of rotatable bonds is 7. The van der Waals surface area contributed by atoms with Crippen molar-refractivity contribution in [2.24, 2.45) is 10.9 Å². The van der Waals surface area contributed by atoms with Crippen LogP contribution >= 0.6 is 0 Å². The van der Waals surface area contributed by atoms with E-state index in [9.17, 15) is 0 Å². The van der Waals surface area contributed by atoms with Gasteiger partial charge in [0.25, 0.3) is 0 Å². The van der Waals surface area contributed by atoms with Crippen LogP contribution in [0.1, 0.15) is 51.7 Å². The lowest BCUT2D eigenvalue weighted by molar-refractivity contribution is 0.490. The minimum Gasteiger partial charge on any atom is -0.370 e. The molecule has 1 aliphatic carbocycles. The molecule has 2 aliphatic heterocycles. The highest BCUT2D eigenvalue weighted by Gasteiger charge is 2.23. The van der Waals surface area contributed by atoms with Gasteiger partial charge in [-0.2, -0.15) is 0 Å². The second kappa shape index (κ2) is 10.7. The largest absolute Gasteiger partial charge is 0.370 e. The molecule has 0 radical (unpaired) electrons. The summed E-state index contributed by atoms with van der Waals surface area (Å²) in [6, 6.07) is 8.82. The first-order valence-electron chi connectivity index (χ1n) is 12.4. The van der Waals surface area contributed by atoms with Gasteiger partial charge in [-0.05, 0) is 80.9 Å². The van der Waals surface area contributed by atoms with E-state index in [1.165, 1.54) is 39.1 Å². The number of hydrogen-bond donors (Lipinski definition) is 1. The topological polar surface area (TPSA) is 27.6 Å². The molecule has 1 aromatic rings. The van der Waals surface area contributed by atoms with Crippen molar-refractivity contribution in [2.75, 3.05) is 13.1 Å². The Kier molecular flexibility index (Phi) is 7.52. The van der Waals surface area contributed by atoms with E-state index >= 15 is 0 Å². The molecule has 3 heteroatoms. The van der Waals surface area contributed by atoms with Gasteiger partial charge in [0.05, 0.1) is 6.54 Å². The monoisotopic (exact) mass is 451 g/mol. The third-order valence-corrected chi connectivity index (χ3v) is 6.71. The Morgan fingerprint density at radius 3 is 2.59 bits per heavy atom. The van der Waals surface area contributed by atoms with Crippen molar-refractivity contribution in [3.63, 3.8) is 0 Å². The molecule has 3 nitrogen and oxygen atoms in total. The van der Waals surface area contributed by atoms with Crippen LogP contribution in [-0.2, 0) is 0 Å². The van der Waals surface area contributed by atoms with Gasteiger partial charge in [0, 0.05) is 29.7 Å². The van der Waals surface area contributed by atoms with Crippen molar-refractivity contribution < 1.29 is 0 Å². The predicted octanol–water partition coefficient (Wildman–Crippen LogP) is 7.25. The number of nitrogens with zero attached hydrogens (tertiary/aromatic N) is 2. The number of aryl methyl sites for hydroxylation is 1. The van der Waals surface area contributed by atoms with E-state index in [1.54, 1.807) is 0 Å². The zero-order chi connectivity index (χ0) is 24.1. The third-order valence-electron chi connectivity index (χ3n) is 6.71. The van der Waals surface area contributed by atoms with Crippen molar-refractivity contribution >= 4 is 11.3 Å². The van der Waals surface area contributed by atoms with Crippen LogP contribution in [0.4, 0.5) is 0 Å². The first kappa shape index (κ1) is 23.8. The zero-order valence-electron chi connectivity index (χ0n) is 21.2. The molecule has 1 N–H and O–H groups in total. The van der Waals surface area contributed by atoms with Gasteiger partial charge in [-0.15, -0.1) is 0 Å². The molecule has 1 unspecified atom stereocenters. The smallest absolute Gasteiger partial charge is 0.114 e. The molecule has 176 valence electrons. The number of nitrogens with one attached hydrogen (secondary N) is 1. The average molecular weight is 452 g/mol. The van der Waals surface area contributed by atoms with Crippen molar-refractivity contribution in [1.82, 2.24) is 10.2 Å². The van der Waals surface area contributed by atoms with Crippen LogP contribution in [0.3, 0.4) is 0 Å². The van der Waals surface area contributed by atoms with E-state index < -0.39 is 0 Å². The van der Waals surface area contributed by atoms with Gasteiger partial charge >= 0.3 is 0 Å². The average Bonchev–Trinajstić information content (AvgIpc) is 3.19. The van der Waals surface area contributed by atoms with E-state index in [0.29, 0.717) is 5.92 Å². The minimum atomic E-state index is 0.495. The molecule has 0 spiro atoms. The first-order valence-corrected chi connectivity index (χ1v) is 12.4. The molecule has 0 bridgehead atoms. The summed E-state index contributed by atoms with van der Waals surface area (Å²) in [5.41, 5.74) is 9.99. The lowest BCUT2D eigenvalue weighted by Gasteiger charge is -2.32. The van der Waals surface area contributed by atoms with Crippen LogP contribution in [0.2, 0.25) is 0 Å². The highest BCUT2D eigenvalue weighted by molar-refractivity contribution is 6.05. The molecule has 4 rings (SSSR count). The summed E-state index contributed by atoms with van der Waals surface area (Å²) in [6.45, 7) is 12.6. The van der Waals surface area contributed by atoms with E-state index in [4.69, 9.17) is 0 Å². The van der Waals surface area contributed by atoms with Gasteiger partial charge in [0.1, 0.15) is 5.82 Å². The SMILES string of the molecule is CC/C=C1/C=C(C2=C(C)CN=C2C)C=CN1/C(NCC1C=CC=CC1)=C(\C)c1ccc(C)cc1. The van der Waals surface area contributed by atoms with E-state index in [0.717, 1.165) is 37.5 Å². The van der Waals surface area contributed by atoms with Crippen LogP contribution in [-0.4, -0.2) is 23.7 Å². The highest BCUT2D eigenvalue weighted by atomic mass is 15.2. The summed E-state index contributed by atoms with van der Waals surface area (Å²) < 4.78 is 0. The fourth-order valence-corrected chi connectivity index (χ4v) is 4.75. The van der Waals surface area contributed by atoms with E-state index in [-0.39, 0.29) is 0 Å². The summed E-state index contributed by atoms with van der Waals surface area (Å²) >= 11 is 0. The third kappa shape index (κ3) is 5.25. The maximum Gasteiger partial charge on any atom is 0.114 e. The lowest BCUT2D eigenvalue weighted by Crippen LogP contribution is -2.32. The lowest BCUT2D eigenvalue weighted by atomic mass is 9.95. The molecule has 3 aliphatic rings. The molecular formula is C31H37N3. The molecule has 0 saturated heterocycles. The van der Waals surface area contributed by atoms with Gasteiger partial charge in [-0.3, -0.25) is 4.99 Å². The van der Waals surface area contributed by atoms with Gasteiger partial charge in [0.2, 0.25) is 0 Å². The van der Waals surface area contributed by atoms with Crippen LogP contribution in [0.15, 0.2) is 106 Å². The number of benzene rings is 1. The van der Waals surface area contributed by atoms with Crippen LogP contribution < -0.4 is 5.32 Å². The predicted molar refractivity (Wildman–Crippen MR) is 146 cm³/mol. The fraction of sp³-hybridized carbons (Fsp3) is 0.323. The standard InChI is InChI=1S/C31H37N3/c1-6-10-29-19-28(30-23(3)20-32-25(30)5)17-18-34(29)31(33-21-26-11-8-7-9-12-26)24(4)27-15-13-22(2)14-16-27/h7-11,13-19,26,33H,6,12,20-21H2,1-5H3/b29-10-,31-24+. The van der Waals surface area contributed by atoms with Crippen LogP contribution in [0.25, 0.3) is 5.57 Å². The molecule has 0 fully saturated rings. The summed E-state index contributed by atoms with van der Waals surface area (Å²) in [4.78, 5) is 6.98. The fourth-order valence-electron chi connectivity index (χ4n) is 4.75. The summed E-state index contributed by atoms with van der Waals surface area (Å²) in [6.07, 6.45) is 20.0. The molecule has 1 aromatic carbocycles. The summed E-state index contributed by atoms with van der Waals surface area (Å²) in [5.74, 6) is 1.63. The Balaban J connectivity index is 1.71. The number of aliphatic imine (C=N–C) groups is 1. The quantitative estimate of drug-likeness (QED) is 0.473. The Bertz CT molecular complexity index is 1160. The Morgan fingerprint density at radius 1 is 1.15 bits per heavy atom. The second-order valence-electron chi connectivity index (χ2n) is 9.41.